The molecule has 1 amide bonds. The third-order valence-electron chi connectivity index (χ3n) is 5.05. The first-order chi connectivity index (χ1) is 16.2. The molecule has 5 rings (SSSR count). The number of alkyl halides is 2. The predicted molar refractivity (Wildman–Crippen MR) is 124 cm³/mol. The summed E-state index contributed by atoms with van der Waals surface area (Å²) in [5.41, 5.74) is 0.997. The zero-order chi connectivity index (χ0) is 24.0. The summed E-state index contributed by atoms with van der Waals surface area (Å²) in [6.07, 6.45) is -0.557. The van der Waals surface area contributed by atoms with Crippen LogP contribution < -0.4 is 5.32 Å². The molecule has 3 heterocycles. The Kier molecular flexibility index (Phi) is 5.33. The van der Waals surface area contributed by atoms with Gasteiger partial charge in [-0.2, -0.15) is 5.10 Å². The largest absolute Gasteiger partial charge is 0.298 e. The van der Waals surface area contributed by atoms with Gasteiger partial charge in [-0.25, -0.2) is 31.7 Å². The highest BCUT2D eigenvalue weighted by Crippen LogP contribution is 2.30. The lowest BCUT2D eigenvalue weighted by Crippen LogP contribution is -2.12. The third-order valence-corrected chi connectivity index (χ3v) is 7.09. The van der Waals surface area contributed by atoms with Gasteiger partial charge in [0.1, 0.15) is 11.3 Å². The summed E-state index contributed by atoms with van der Waals surface area (Å²) < 4.78 is 52.6. The van der Waals surface area contributed by atoms with Crippen molar-refractivity contribution in [3.05, 3.63) is 72.1 Å². The van der Waals surface area contributed by atoms with Gasteiger partial charge in [0.05, 0.1) is 27.0 Å². The maximum atomic E-state index is 13.7. The summed E-state index contributed by atoms with van der Waals surface area (Å²) in [5, 5.41) is 6.80. The molecular formula is C22H15F2N5O3S2. The topological polar surface area (TPSA) is 106 Å². The highest BCUT2D eigenvalue weighted by Gasteiger charge is 2.22. The summed E-state index contributed by atoms with van der Waals surface area (Å²) in [5.74, 6) is -0.629. The van der Waals surface area contributed by atoms with Gasteiger partial charge in [-0.1, -0.05) is 41.7 Å². The smallest absolute Gasteiger partial charge is 0.280 e. The van der Waals surface area contributed by atoms with Crippen molar-refractivity contribution in [2.24, 2.45) is 0 Å². The molecule has 34 heavy (non-hydrogen) atoms. The van der Waals surface area contributed by atoms with Gasteiger partial charge in [0, 0.05) is 11.8 Å². The van der Waals surface area contributed by atoms with Crippen LogP contribution in [0.5, 0.6) is 0 Å². The Balaban J connectivity index is 1.54. The second-order valence-electron chi connectivity index (χ2n) is 7.40. The van der Waals surface area contributed by atoms with Crippen LogP contribution in [-0.2, 0) is 9.84 Å². The van der Waals surface area contributed by atoms with E-state index in [0.29, 0.717) is 15.8 Å². The standard InChI is InChI=1S/C22H15F2N5O3S2/c1-34(31,32)13-7-8-15-18(9-13)33-22(27-15)28-21(30)14-11-25-29-17(19(23)24)10-16(26-20(14)29)12-5-3-2-4-6-12/h2-11,19H,1H3,(H,27,28,30). The molecule has 0 fully saturated rings. The van der Waals surface area contributed by atoms with Crippen LogP contribution >= 0.6 is 11.3 Å². The van der Waals surface area contributed by atoms with Crippen LogP contribution in [0.1, 0.15) is 22.5 Å². The summed E-state index contributed by atoms with van der Waals surface area (Å²) in [4.78, 5) is 21.9. The molecule has 0 aliphatic heterocycles. The monoisotopic (exact) mass is 499 g/mol. The van der Waals surface area contributed by atoms with Crippen LogP contribution in [0.2, 0.25) is 0 Å². The molecule has 0 aliphatic carbocycles. The number of anilines is 1. The van der Waals surface area contributed by atoms with Gasteiger partial charge in [-0.15, -0.1) is 0 Å². The quantitative estimate of drug-likeness (QED) is 0.379. The molecule has 0 spiro atoms. The minimum absolute atomic E-state index is 0.00392. The first-order valence-electron chi connectivity index (χ1n) is 9.85. The van der Waals surface area contributed by atoms with Crippen molar-refractivity contribution >= 4 is 48.1 Å². The number of carbonyl (C=O) groups is 1. The zero-order valence-corrected chi connectivity index (χ0v) is 19.1. The van der Waals surface area contributed by atoms with E-state index >= 15 is 0 Å². The van der Waals surface area contributed by atoms with E-state index in [0.717, 1.165) is 22.1 Å². The van der Waals surface area contributed by atoms with E-state index in [1.54, 1.807) is 36.4 Å². The fraction of sp³-hybridized carbons (Fsp3) is 0.0909. The number of sulfone groups is 1. The third kappa shape index (κ3) is 4.01. The Morgan fingerprint density at radius 1 is 1.09 bits per heavy atom. The van der Waals surface area contributed by atoms with E-state index < -0.39 is 27.9 Å². The summed E-state index contributed by atoms with van der Waals surface area (Å²) in [6.45, 7) is 0. The molecule has 0 unspecified atom stereocenters. The molecule has 3 aromatic heterocycles. The number of nitrogens with zero attached hydrogens (tertiary/aromatic N) is 4. The second kappa shape index (κ2) is 8.22. The van der Waals surface area contributed by atoms with E-state index in [1.165, 1.54) is 24.4 Å². The van der Waals surface area contributed by atoms with E-state index in [2.05, 4.69) is 20.4 Å². The van der Waals surface area contributed by atoms with Gasteiger partial charge >= 0.3 is 0 Å². The van der Waals surface area contributed by atoms with Crippen LogP contribution in [0.4, 0.5) is 13.9 Å². The molecule has 12 heteroatoms. The number of rotatable bonds is 5. The van der Waals surface area contributed by atoms with Crippen LogP contribution in [0.3, 0.4) is 0 Å². The van der Waals surface area contributed by atoms with E-state index in [9.17, 15) is 22.0 Å². The number of halogens is 2. The molecule has 0 radical (unpaired) electrons. The van der Waals surface area contributed by atoms with Crippen molar-refractivity contribution in [2.75, 3.05) is 11.6 Å². The molecule has 0 bridgehead atoms. The molecule has 0 saturated heterocycles. The van der Waals surface area contributed by atoms with Crippen LogP contribution in [0.15, 0.2) is 65.7 Å². The summed E-state index contributed by atoms with van der Waals surface area (Å²) in [7, 11) is -3.40. The molecule has 172 valence electrons. The average Bonchev–Trinajstić information content (AvgIpc) is 3.41. The lowest BCUT2D eigenvalue weighted by Gasteiger charge is -2.08. The van der Waals surface area contributed by atoms with E-state index in [-0.39, 0.29) is 26.9 Å². The van der Waals surface area contributed by atoms with Crippen molar-refractivity contribution in [2.45, 2.75) is 11.3 Å². The zero-order valence-electron chi connectivity index (χ0n) is 17.4. The second-order valence-corrected chi connectivity index (χ2v) is 10.4. The number of hydrogen-bond acceptors (Lipinski definition) is 7. The number of benzene rings is 2. The van der Waals surface area contributed by atoms with Crippen molar-refractivity contribution in [1.82, 2.24) is 19.6 Å². The van der Waals surface area contributed by atoms with Gasteiger partial charge in [0.15, 0.2) is 20.6 Å². The number of aromatic nitrogens is 4. The summed E-state index contributed by atoms with van der Waals surface area (Å²) >= 11 is 1.09. The van der Waals surface area contributed by atoms with Crippen LogP contribution in [0, 0.1) is 0 Å². The van der Waals surface area contributed by atoms with Crippen molar-refractivity contribution < 1.29 is 22.0 Å². The molecular weight excluding hydrogens is 484 g/mol. The van der Waals surface area contributed by atoms with Gasteiger partial charge in [0.2, 0.25) is 0 Å². The normalized spacial score (nSPS) is 12.0. The first kappa shape index (κ1) is 22.0. The maximum Gasteiger partial charge on any atom is 0.280 e. The molecule has 2 aromatic carbocycles. The summed E-state index contributed by atoms with van der Waals surface area (Å²) in [6, 6.07) is 14.5. The van der Waals surface area contributed by atoms with E-state index in [4.69, 9.17) is 0 Å². The molecule has 5 aromatic rings. The Morgan fingerprint density at radius 3 is 2.56 bits per heavy atom. The fourth-order valence-electron chi connectivity index (χ4n) is 3.41. The number of fused-ring (bicyclic) bond motifs is 2. The molecule has 8 nitrogen and oxygen atoms in total. The Bertz CT molecular complexity index is 1660. The number of thiazole rings is 1. The average molecular weight is 500 g/mol. The SMILES string of the molecule is CS(=O)(=O)c1ccc2nc(NC(=O)c3cnn4c(C(F)F)cc(-c5ccccc5)nc34)sc2c1. The fourth-order valence-corrected chi connectivity index (χ4v) is 5.03. The van der Waals surface area contributed by atoms with Crippen molar-refractivity contribution in [3.8, 4) is 11.3 Å². The Hall–Kier alpha value is -3.77. The Labute approximate surface area is 195 Å². The minimum atomic E-state index is -3.40. The lowest BCUT2D eigenvalue weighted by atomic mass is 10.1. The van der Waals surface area contributed by atoms with Crippen molar-refractivity contribution in [1.29, 1.82) is 0 Å². The van der Waals surface area contributed by atoms with Gasteiger partial charge in [-0.05, 0) is 24.3 Å². The molecule has 0 aliphatic rings. The van der Waals surface area contributed by atoms with Gasteiger partial charge < -0.3 is 0 Å². The van der Waals surface area contributed by atoms with Gasteiger partial charge in [-0.3, -0.25) is 10.1 Å². The van der Waals surface area contributed by atoms with Crippen molar-refractivity contribution in [3.63, 3.8) is 0 Å². The van der Waals surface area contributed by atoms with Crippen LogP contribution in [0.25, 0.3) is 27.1 Å². The van der Waals surface area contributed by atoms with Gasteiger partial charge in [0.25, 0.3) is 12.3 Å². The lowest BCUT2D eigenvalue weighted by molar-refractivity contribution is 0.102. The highest BCUT2D eigenvalue weighted by molar-refractivity contribution is 7.90. The number of carbonyl (C=O) groups excluding carboxylic acids is 1. The first-order valence-corrected chi connectivity index (χ1v) is 12.6. The maximum absolute atomic E-state index is 13.7. The minimum Gasteiger partial charge on any atom is -0.298 e. The number of nitrogens with one attached hydrogen (secondary N) is 1. The molecule has 1 N–H and O–H groups in total. The number of hydrogen-bond donors (Lipinski definition) is 1. The van der Waals surface area contributed by atoms with Crippen LogP contribution in [-0.4, -0.2) is 40.2 Å². The Morgan fingerprint density at radius 2 is 1.85 bits per heavy atom. The van der Waals surface area contributed by atoms with E-state index in [1.807, 2.05) is 0 Å². The molecule has 0 saturated carbocycles. The predicted octanol–water partition coefficient (Wildman–Crippen LogP) is 4.60. The highest BCUT2D eigenvalue weighted by atomic mass is 32.2. The number of amides is 1. The molecule has 0 atom stereocenters.